The Balaban J connectivity index is 2.10. The molecule has 0 spiro atoms. The van der Waals surface area contributed by atoms with Crippen molar-refractivity contribution in [2.24, 2.45) is 0 Å². The molecule has 0 bridgehead atoms. The lowest BCUT2D eigenvalue weighted by atomic mass is 9.82. The molecule has 3 rings (SSSR count). The summed E-state index contributed by atoms with van der Waals surface area (Å²) in [6, 6.07) is 19.7. The average molecular weight is 234 g/mol. The Kier molecular flexibility index (Phi) is 3.02. The van der Waals surface area contributed by atoms with Gasteiger partial charge < -0.3 is 0 Å². The summed E-state index contributed by atoms with van der Waals surface area (Å²) in [6.07, 6.45) is 3.87. The van der Waals surface area contributed by atoms with E-state index in [0.717, 1.165) is 0 Å². The van der Waals surface area contributed by atoms with Crippen LogP contribution in [-0.4, -0.2) is 0 Å². The van der Waals surface area contributed by atoms with Crippen LogP contribution in [0.4, 0.5) is 0 Å². The van der Waals surface area contributed by atoms with Gasteiger partial charge in [0.15, 0.2) is 0 Å². The molecule has 0 unspecified atom stereocenters. The first-order chi connectivity index (χ1) is 8.84. The van der Waals surface area contributed by atoms with E-state index in [2.05, 4.69) is 61.5 Å². The second-order valence-corrected chi connectivity index (χ2v) is 5.06. The molecule has 1 fully saturated rings. The summed E-state index contributed by atoms with van der Waals surface area (Å²) in [5.41, 5.74) is 7.12. The van der Waals surface area contributed by atoms with Gasteiger partial charge in [-0.15, -0.1) is 0 Å². The lowest BCUT2D eigenvalue weighted by Crippen LogP contribution is -2.03. The van der Waals surface area contributed by atoms with Gasteiger partial charge in [0.2, 0.25) is 0 Å². The van der Waals surface area contributed by atoms with Crippen LogP contribution < -0.4 is 0 Å². The Morgan fingerprint density at radius 3 is 1.94 bits per heavy atom. The smallest absolute Gasteiger partial charge is 0.0119 e. The molecule has 0 heteroatoms. The molecule has 1 saturated carbocycles. The third kappa shape index (κ3) is 2.11. The summed E-state index contributed by atoms with van der Waals surface area (Å²) in [7, 11) is 0. The molecule has 2 aromatic rings. The molecule has 0 heterocycles. The van der Waals surface area contributed by atoms with Crippen LogP contribution in [0.25, 0.3) is 5.57 Å². The van der Waals surface area contributed by atoms with Crippen molar-refractivity contribution in [1.29, 1.82) is 0 Å². The maximum absolute atomic E-state index is 2.25. The van der Waals surface area contributed by atoms with Gasteiger partial charge in [-0.2, -0.15) is 0 Å². The zero-order valence-electron chi connectivity index (χ0n) is 10.8. The van der Waals surface area contributed by atoms with Gasteiger partial charge in [-0.05, 0) is 42.9 Å². The number of benzene rings is 2. The van der Waals surface area contributed by atoms with Crippen molar-refractivity contribution < 1.29 is 0 Å². The molecule has 0 saturated heterocycles. The fourth-order valence-corrected chi connectivity index (χ4v) is 2.50. The number of allylic oxidation sites excluding steroid dienone is 1. The maximum atomic E-state index is 2.25. The lowest BCUT2D eigenvalue weighted by Gasteiger charge is -2.23. The van der Waals surface area contributed by atoms with Gasteiger partial charge in [0.1, 0.15) is 0 Å². The van der Waals surface area contributed by atoms with Crippen molar-refractivity contribution >= 4 is 5.57 Å². The van der Waals surface area contributed by atoms with E-state index in [0.29, 0.717) is 0 Å². The molecule has 0 nitrogen and oxygen atoms in total. The maximum Gasteiger partial charge on any atom is -0.0119 e. The molecule has 90 valence electrons. The Hall–Kier alpha value is -1.82. The van der Waals surface area contributed by atoms with E-state index in [4.69, 9.17) is 0 Å². The van der Waals surface area contributed by atoms with Crippen molar-refractivity contribution in [2.45, 2.75) is 26.2 Å². The highest BCUT2D eigenvalue weighted by Gasteiger charge is 2.17. The third-order valence-electron chi connectivity index (χ3n) is 3.71. The normalized spacial score (nSPS) is 14.2. The molecule has 18 heavy (non-hydrogen) atoms. The van der Waals surface area contributed by atoms with Gasteiger partial charge in [0.25, 0.3) is 0 Å². The summed E-state index contributed by atoms with van der Waals surface area (Å²) in [6.45, 7) is 2.14. The molecule has 2 aromatic carbocycles. The molecule has 0 aromatic heterocycles. The Morgan fingerprint density at radius 2 is 1.39 bits per heavy atom. The lowest BCUT2D eigenvalue weighted by molar-refractivity contribution is 0.666. The van der Waals surface area contributed by atoms with Crippen LogP contribution in [0, 0.1) is 6.92 Å². The van der Waals surface area contributed by atoms with Gasteiger partial charge in [0, 0.05) is 0 Å². The standard InChI is InChI=1S/C18H18/c1-14-10-12-17(13-11-14)18(16-8-5-9-16)15-6-3-2-4-7-15/h2-4,6-7,10-13H,5,8-9H2,1H3. The number of aryl methyl sites for hydroxylation is 1. The molecule has 0 N–H and O–H groups in total. The summed E-state index contributed by atoms with van der Waals surface area (Å²) in [4.78, 5) is 0. The van der Waals surface area contributed by atoms with Crippen LogP contribution in [0.15, 0.2) is 60.2 Å². The minimum absolute atomic E-state index is 1.26. The second-order valence-electron chi connectivity index (χ2n) is 5.06. The van der Waals surface area contributed by atoms with Gasteiger partial charge in [-0.3, -0.25) is 0 Å². The second kappa shape index (κ2) is 4.81. The Labute approximate surface area is 109 Å². The molecule has 0 radical (unpaired) electrons. The van der Waals surface area contributed by atoms with Crippen LogP contribution in [0.1, 0.15) is 36.0 Å². The number of rotatable bonds is 2. The van der Waals surface area contributed by atoms with Gasteiger partial charge in [0.05, 0.1) is 0 Å². The quantitative estimate of drug-likeness (QED) is 0.687. The molecule has 0 atom stereocenters. The van der Waals surface area contributed by atoms with E-state index in [1.807, 2.05) is 0 Å². The predicted octanol–water partition coefficient (Wildman–Crippen LogP) is 4.98. The molecule has 0 aliphatic heterocycles. The van der Waals surface area contributed by atoms with Crippen molar-refractivity contribution in [2.75, 3.05) is 0 Å². The highest BCUT2D eigenvalue weighted by atomic mass is 14.2. The topological polar surface area (TPSA) is 0 Å². The van der Waals surface area contributed by atoms with E-state index >= 15 is 0 Å². The largest absolute Gasteiger partial charge is 0.0622 e. The fraction of sp³-hybridized carbons (Fsp3) is 0.222. The SMILES string of the molecule is Cc1ccc(C(=C2CCC2)c2ccccc2)cc1. The number of hydrogen-bond donors (Lipinski definition) is 0. The highest BCUT2D eigenvalue weighted by molar-refractivity contribution is 5.82. The average Bonchev–Trinajstić information content (AvgIpc) is 2.36. The van der Waals surface area contributed by atoms with Gasteiger partial charge in [-0.25, -0.2) is 0 Å². The predicted molar refractivity (Wildman–Crippen MR) is 77.5 cm³/mol. The summed E-state index contributed by atoms with van der Waals surface area (Å²) in [5, 5.41) is 0. The first kappa shape index (κ1) is 11.3. The monoisotopic (exact) mass is 234 g/mol. The molecule has 0 amide bonds. The molecule has 1 aliphatic rings. The van der Waals surface area contributed by atoms with Crippen molar-refractivity contribution in [3.05, 3.63) is 76.9 Å². The van der Waals surface area contributed by atoms with Crippen molar-refractivity contribution in [3.8, 4) is 0 Å². The van der Waals surface area contributed by atoms with Crippen molar-refractivity contribution in [1.82, 2.24) is 0 Å². The van der Waals surface area contributed by atoms with Crippen LogP contribution in [0.2, 0.25) is 0 Å². The molecular formula is C18H18. The summed E-state index contributed by atoms with van der Waals surface area (Å²) >= 11 is 0. The highest BCUT2D eigenvalue weighted by Crippen LogP contribution is 2.37. The summed E-state index contributed by atoms with van der Waals surface area (Å²) in [5.74, 6) is 0. The molecular weight excluding hydrogens is 216 g/mol. The molecule has 1 aliphatic carbocycles. The van der Waals surface area contributed by atoms with E-state index in [9.17, 15) is 0 Å². The first-order valence-corrected chi connectivity index (χ1v) is 6.69. The zero-order valence-corrected chi connectivity index (χ0v) is 10.8. The zero-order chi connectivity index (χ0) is 12.4. The summed E-state index contributed by atoms with van der Waals surface area (Å²) < 4.78 is 0. The van der Waals surface area contributed by atoms with E-state index in [-0.39, 0.29) is 0 Å². The van der Waals surface area contributed by atoms with E-state index < -0.39 is 0 Å². The van der Waals surface area contributed by atoms with E-state index in [1.165, 1.54) is 41.5 Å². The Morgan fingerprint density at radius 1 is 0.778 bits per heavy atom. The number of hydrogen-bond acceptors (Lipinski definition) is 0. The van der Waals surface area contributed by atoms with Gasteiger partial charge >= 0.3 is 0 Å². The van der Waals surface area contributed by atoms with E-state index in [1.54, 1.807) is 5.57 Å². The van der Waals surface area contributed by atoms with Crippen LogP contribution in [-0.2, 0) is 0 Å². The minimum Gasteiger partial charge on any atom is -0.0622 e. The fourth-order valence-electron chi connectivity index (χ4n) is 2.50. The van der Waals surface area contributed by atoms with Gasteiger partial charge in [-0.1, -0.05) is 65.7 Å². The van der Waals surface area contributed by atoms with Crippen LogP contribution in [0.5, 0.6) is 0 Å². The first-order valence-electron chi connectivity index (χ1n) is 6.69. The van der Waals surface area contributed by atoms with Crippen molar-refractivity contribution in [3.63, 3.8) is 0 Å². The third-order valence-corrected chi connectivity index (χ3v) is 3.71. The Bertz CT molecular complexity index is 553. The van der Waals surface area contributed by atoms with Crippen LogP contribution >= 0.6 is 0 Å². The van der Waals surface area contributed by atoms with Crippen LogP contribution in [0.3, 0.4) is 0 Å². The minimum atomic E-state index is 1.26.